The number of thiazole rings is 1. The van der Waals surface area contributed by atoms with Crippen molar-refractivity contribution in [3.05, 3.63) is 46.4 Å². The molecular weight excluding hydrogens is 364 g/mol. The molecule has 0 fully saturated rings. The summed E-state index contributed by atoms with van der Waals surface area (Å²) in [6.45, 7) is 1.97. The molecule has 7 nitrogen and oxygen atoms in total. The van der Waals surface area contributed by atoms with Gasteiger partial charge in [0, 0.05) is 42.9 Å². The van der Waals surface area contributed by atoms with E-state index < -0.39 is 0 Å². The minimum absolute atomic E-state index is 0.188. The summed E-state index contributed by atoms with van der Waals surface area (Å²) in [7, 11) is 1.65. The zero-order valence-electron chi connectivity index (χ0n) is 15.0. The molecule has 0 unspecified atom stereocenters. The van der Waals surface area contributed by atoms with E-state index in [2.05, 4.69) is 15.4 Å². The van der Waals surface area contributed by atoms with Crippen molar-refractivity contribution in [1.82, 2.24) is 20.1 Å². The van der Waals surface area contributed by atoms with Crippen LogP contribution in [0.25, 0.3) is 11.3 Å². The number of ether oxygens (including phenoxy) is 2. The number of fused-ring (bicyclic) bond motifs is 1. The zero-order chi connectivity index (χ0) is 18.6. The second-order valence-corrected chi connectivity index (χ2v) is 7.10. The molecule has 0 radical (unpaired) electrons. The van der Waals surface area contributed by atoms with E-state index >= 15 is 0 Å². The summed E-state index contributed by atoms with van der Waals surface area (Å²) in [6, 6.07) is 9.51. The van der Waals surface area contributed by atoms with Crippen LogP contribution in [0.15, 0.2) is 35.7 Å². The number of carbonyl (C=O) groups is 1. The Balaban J connectivity index is 1.32. The number of hydrogen-bond donors (Lipinski definition) is 1. The molecule has 0 spiro atoms. The molecule has 0 aliphatic carbocycles. The third-order valence-electron chi connectivity index (χ3n) is 4.30. The first-order valence-electron chi connectivity index (χ1n) is 8.80. The van der Waals surface area contributed by atoms with E-state index in [0.29, 0.717) is 31.1 Å². The maximum Gasteiger partial charge on any atom is 0.271 e. The molecule has 1 aliphatic heterocycles. The van der Waals surface area contributed by atoms with Crippen LogP contribution < -0.4 is 14.8 Å². The number of amides is 1. The van der Waals surface area contributed by atoms with E-state index in [1.807, 2.05) is 29.6 Å². The maximum atomic E-state index is 12.3. The van der Waals surface area contributed by atoms with Crippen LogP contribution in [0.5, 0.6) is 11.6 Å². The Labute approximate surface area is 161 Å². The minimum atomic E-state index is -0.188. The van der Waals surface area contributed by atoms with Crippen molar-refractivity contribution in [2.24, 2.45) is 0 Å². The number of nitrogens with one attached hydrogen (secondary N) is 1. The van der Waals surface area contributed by atoms with Crippen molar-refractivity contribution in [1.29, 1.82) is 0 Å². The van der Waals surface area contributed by atoms with Crippen molar-refractivity contribution >= 4 is 17.2 Å². The van der Waals surface area contributed by atoms with Crippen LogP contribution in [-0.4, -0.2) is 40.9 Å². The SMILES string of the molecule is COc1ccc(-c2csc(CCNC(=O)c3cc4n(n3)CCCO4)n2)cc1. The lowest BCUT2D eigenvalue weighted by atomic mass is 10.2. The summed E-state index contributed by atoms with van der Waals surface area (Å²) < 4.78 is 12.4. The number of carbonyl (C=O) groups excluding carboxylic acids is 1. The molecule has 3 aromatic rings. The highest BCUT2D eigenvalue weighted by Crippen LogP contribution is 2.24. The second-order valence-electron chi connectivity index (χ2n) is 6.15. The third-order valence-corrected chi connectivity index (χ3v) is 5.21. The van der Waals surface area contributed by atoms with Gasteiger partial charge in [-0.1, -0.05) is 0 Å². The Bertz CT molecular complexity index is 909. The molecule has 27 heavy (non-hydrogen) atoms. The number of nitrogens with zero attached hydrogens (tertiary/aromatic N) is 3. The highest BCUT2D eigenvalue weighted by molar-refractivity contribution is 7.09. The summed E-state index contributed by atoms with van der Waals surface area (Å²) in [5.74, 6) is 1.30. The normalized spacial score (nSPS) is 12.9. The molecule has 1 aromatic carbocycles. The molecule has 0 atom stereocenters. The largest absolute Gasteiger partial charge is 0.497 e. The van der Waals surface area contributed by atoms with E-state index in [-0.39, 0.29) is 5.91 Å². The quantitative estimate of drug-likeness (QED) is 0.707. The van der Waals surface area contributed by atoms with Gasteiger partial charge in [-0.2, -0.15) is 5.10 Å². The van der Waals surface area contributed by atoms with Gasteiger partial charge in [-0.3, -0.25) is 4.79 Å². The predicted molar refractivity (Wildman–Crippen MR) is 102 cm³/mol. The Morgan fingerprint density at radius 3 is 3.00 bits per heavy atom. The van der Waals surface area contributed by atoms with Crippen molar-refractivity contribution in [2.45, 2.75) is 19.4 Å². The van der Waals surface area contributed by atoms with Crippen molar-refractivity contribution < 1.29 is 14.3 Å². The smallest absolute Gasteiger partial charge is 0.271 e. The van der Waals surface area contributed by atoms with Gasteiger partial charge in [-0.25, -0.2) is 9.67 Å². The lowest BCUT2D eigenvalue weighted by Gasteiger charge is -2.13. The van der Waals surface area contributed by atoms with Gasteiger partial charge in [-0.15, -0.1) is 11.3 Å². The van der Waals surface area contributed by atoms with Crippen LogP contribution in [-0.2, 0) is 13.0 Å². The highest BCUT2D eigenvalue weighted by atomic mass is 32.1. The number of methoxy groups -OCH3 is 1. The van der Waals surface area contributed by atoms with Crippen LogP contribution in [0, 0.1) is 0 Å². The van der Waals surface area contributed by atoms with Crippen LogP contribution in [0.3, 0.4) is 0 Å². The van der Waals surface area contributed by atoms with Crippen LogP contribution in [0.1, 0.15) is 21.9 Å². The molecule has 0 saturated heterocycles. The molecule has 4 rings (SSSR count). The molecule has 2 aromatic heterocycles. The Morgan fingerprint density at radius 1 is 1.37 bits per heavy atom. The summed E-state index contributed by atoms with van der Waals surface area (Å²) in [6.07, 6.45) is 1.59. The van der Waals surface area contributed by atoms with Crippen molar-refractivity contribution in [3.63, 3.8) is 0 Å². The number of aromatic nitrogens is 3. The Hall–Kier alpha value is -2.87. The van der Waals surface area contributed by atoms with E-state index in [1.54, 1.807) is 29.2 Å². The predicted octanol–water partition coefficient (Wildman–Crippen LogP) is 2.77. The molecule has 1 N–H and O–H groups in total. The third kappa shape index (κ3) is 3.95. The first kappa shape index (κ1) is 17.5. The topological polar surface area (TPSA) is 78.3 Å². The molecular formula is C19H20N4O3S. The lowest BCUT2D eigenvalue weighted by Crippen LogP contribution is -2.26. The summed E-state index contributed by atoms with van der Waals surface area (Å²) in [5.41, 5.74) is 2.37. The van der Waals surface area contributed by atoms with Gasteiger partial charge in [0.05, 0.1) is 24.4 Å². The van der Waals surface area contributed by atoms with E-state index in [4.69, 9.17) is 9.47 Å². The highest BCUT2D eigenvalue weighted by Gasteiger charge is 2.17. The number of aryl methyl sites for hydroxylation is 1. The van der Waals surface area contributed by atoms with Gasteiger partial charge in [-0.05, 0) is 24.3 Å². The van der Waals surface area contributed by atoms with Crippen LogP contribution in [0.4, 0.5) is 0 Å². The fourth-order valence-electron chi connectivity index (χ4n) is 2.87. The van der Waals surface area contributed by atoms with Gasteiger partial charge < -0.3 is 14.8 Å². The fraction of sp³-hybridized carbons (Fsp3) is 0.316. The minimum Gasteiger partial charge on any atom is -0.497 e. The maximum absolute atomic E-state index is 12.3. The average molecular weight is 384 g/mol. The van der Waals surface area contributed by atoms with E-state index in [0.717, 1.165) is 35.0 Å². The first-order chi connectivity index (χ1) is 13.2. The van der Waals surface area contributed by atoms with E-state index in [1.165, 1.54) is 0 Å². The lowest BCUT2D eigenvalue weighted by molar-refractivity contribution is 0.0948. The molecule has 140 valence electrons. The first-order valence-corrected chi connectivity index (χ1v) is 9.68. The molecule has 8 heteroatoms. The standard InChI is InChI=1S/C19H20N4O3S/c1-25-14-5-3-13(4-6-14)16-12-27-17(21-16)7-8-20-19(24)15-11-18-23(22-15)9-2-10-26-18/h3-6,11-12H,2,7-10H2,1H3,(H,20,24). The van der Waals surface area contributed by atoms with Crippen LogP contribution >= 0.6 is 11.3 Å². The molecule has 0 bridgehead atoms. The number of rotatable bonds is 6. The van der Waals surface area contributed by atoms with Gasteiger partial charge in [0.25, 0.3) is 5.91 Å². The van der Waals surface area contributed by atoms with Gasteiger partial charge in [0.15, 0.2) is 5.69 Å². The number of hydrogen-bond acceptors (Lipinski definition) is 6. The van der Waals surface area contributed by atoms with Gasteiger partial charge in [0.2, 0.25) is 5.88 Å². The zero-order valence-corrected chi connectivity index (χ0v) is 15.8. The summed E-state index contributed by atoms with van der Waals surface area (Å²) >= 11 is 1.59. The Morgan fingerprint density at radius 2 is 2.22 bits per heavy atom. The Kier molecular flexibility index (Phi) is 5.06. The molecule has 3 heterocycles. The van der Waals surface area contributed by atoms with Gasteiger partial charge >= 0.3 is 0 Å². The van der Waals surface area contributed by atoms with Gasteiger partial charge in [0.1, 0.15) is 5.75 Å². The van der Waals surface area contributed by atoms with Crippen LogP contribution in [0.2, 0.25) is 0 Å². The fourth-order valence-corrected chi connectivity index (χ4v) is 3.68. The molecule has 0 saturated carbocycles. The molecule has 1 aliphatic rings. The second kappa shape index (κ2) is 7.79. The van der Waals surface area contributed by atoms with Crippen molar-refractivity contribution in [2.75, 3.05) is 20.3 Å². The summed E-state index contributed by atoms with van der Waals surface area (Å²) in [4.78, 5) is 16.9. The summed E-state index contributed by atoms with van der Waals surface area (Å²) in [5, 5.41) is 10.2. The number of benzene rings is 1. The monoisotopic (exact) mass is 384 g/mol. The van der Waals surface area contributed by atoms with Crippen molar-refractivity contribution in [3.8, 4) is 22.9 Å². The van der Waals surface area contributed by atoms with E-state index in [9.17, 15) is 4.79 Å². The average Bonchev–Trinajstić information content (AvgIpc) is 3.35. The molecule has 1 amide bonds.